The van der Waals surface area contributed by atoms with Crippen molar-refractivity contribution >= 4 is 10.0 Å². The van der Waals surface area contributed by atoms with Crippen molar-refractivity contribution in [1.29, 1.82) is 0 Å². The number of hydrogen-bond donors (Lipinski definition) is 0. The predicted molar refractivity (Wildman–Crippen MR) is 95.2 cm³/mol. The van der Waals surface area contributed by atoms with E-state index in [1.165, 1.54) is 4.31 Å². The molecule has 1 aromatic rings. The number of rotatable bonds is 5. The number of nitrogens with zero attached hydrogens (tertiary/aromatic N) is 2. The van der Waals surface area contributed by atoms with E-state index < -0.39 is 27.4 Å². The Balaban J connectivity index is 1.56. The van der Waals surface area contributed by atoms with Gasteiger partial charge in [0, 0.05) is 44.9 Å². The van der Waals surface area contributed by atoms with Crippen LogP contribution in [-0.4, -0.2) is 63.1 Å². The molecule has 26 heavy (non-hydrogen) atoms. The summed E-state index contributed by atoms with van der Waals surface area (Å²) in [6.45, 7) is 2.80. The van der Waals surface area contributed by atoms with Gasteiger partial charge in [0.25, 0.3) is 0 Å². The average molecular weight is 388 g/mol. The first-order valence-corrected chi connectivity index (χ1v) is 10.7. The molecule has 0 amide bonds. The van der Waals surface area contributed by atoms with Gasteiger partial charge in [0.1, 0.15) is 11.6 Å². The van der Waals surface area contributed by atoms with Crippen molar-refractivity contribution in [1.82, 2.24) is 9.21 Å². The van der Waals surface area contributed by atoms with Crippen LogP contribution in [-0.2, 0) is 20.5 Å². The Morgan fingerprint density at radius 1 is 1.08 bits per heavy atom. The molecular formula is C18H26F2N2O3S. The minimum Gasteiger partial charge on any atom is -0.381 e. The van der Waals surface area contributed by atoms with Crippen molar-refractivity contribution in [3.63, 3.8) is 0 Å². The molecule has 5 nitrogen and oxygen atoms in total. The summed E-state index contributed by atoms with van der Waals surface area (Å²) in [4.78, 5) is 2.42. The molecule has 0 spiro atoms. The molecule has 8 heteroatoms. The molecule has 2 fully saturated rings. The number of benzene rings is 1. The first-order chi connectivity index (χ1) is 12.4. The van der Waals surface area contributed by atoms with E-state index in [0.717, 1.165) is 57.0 Å². The predicted octanol–water partition coefficient (Wildman–Crippen LogP) is 2.37. The molecule has 3 rings (SSSR count). The Kier molecular flexibility index (Phi) is 6.27. The molecule has 146 valence electrons. The zero-order chi connectivity index (χ0) is 18.7. The van der Waals surface area contributed by atoms with E-state index in [2.05, 4.69) is 4.90 Å². The molecule has 0 unspecified atom stereocenters. The SMILES string of the molecule is COC1CCN(C2CCN(S(=O)(=O)Cc3cc(F)ccc3F)CC2)CC1. The van der Waals surface area contributed by atoms with Crippen LogP contribution in [0.15, 0.2) is 18.2 Å². The van der Waals surface area contributed by atoms with Crippen molar-refractivity contribution in [2.24, 2.45) is 0 Å². The largest absolute Gasteiger partial charge is 0.381 e. The Morgan fingerprint density at radius 3 is 2.35 bits per heavy atom. The van der Waals surface area contributed by atoms with Gasteiger partial charge in [-0.2, -0.15) is 0 Å². The monoisotopic (exact) mass is 388 g/mol. The third kappa shape index (κ3) is 4.60. The molecule has 1 aromatic carbocycles. The van der Waals surface area contributed by atoms with Crippen molar-refractivity contribution in [3.05, 3.63) is 35.4 Å². The lowest BCUT2D eigenvalue weighted by Gasteiger charge is -2.41. The summed E-state index contributed by atoms with van der Waals surface area (Å²) in [7, 11) is -1.91. The van der Waals surface area contributed by atoms with E-state index in [1.54, 1.807) is 7.11 Å². The van der Waals surface area contributed by atoms with Crippen molar-refractivity contribution < 1.29 is 21.9 Å². The molecule has 2 saturated heterocycles. The van der Waals surface area contributed by atoms with Gasteiger partial charge in [-0.15, -0.1) is 0 Å². The number of piperidine rings is 2. The van der Waals surface area contributed by atoms with Gasteiger partial charge in [-0.25, -0.2) is 21.5 Å². The standard InChI is InChI=1S/C18H26F2N2O3S/c1-25-17-6-8-21(9-7-17)16-4-10-22(11-5-16)26(23,24)13-14-12-15(19)2-3-18(14)20/h2-3,12,16-17H,4-11,13H2,1H3. The van der Waals surface area contributed by atoms with Crippen LogP contribution in [0.2, 0.25) is 0 Å². The van der Waals surface area contributed by atoms with E-state index in [0.29, 0.717) is 25.2 Å². The summed E-state index contributed by atoms with van der Waals surface area (Å²) >= 11 is 0. The van der Waals surface area contributed by atoms with E-state index in [-0.39, 0.29) is 5.56 Å². The summed E-state index contributed by atoms with van der Waals surface area (Å²) in [5.41, 5.74) is -0.117. The first kappa shape index (κ1) is 19.7. The van der Waals surface area contributed by atoms with Gasteiger partial charge in [-0.3, -0.25) is 0 Å². The summed E-state index contributed by atoms with van der Waals surface area (Å²) in [5.74, 6) is -1.82. The Labute approximate surface area is 154 Å². The maximum atomic E-state index is 13.8. The van der Waals surface area contributed by atoms with Crippen LogP contribution < -0.4 is 0 Å². The van der Waals surface area contributed by atoms with Gasteiger partial charge in [0.05, 0.1) is 11.9 Å². The van der Waals surface area contributed by atoms with Crippen molar-refractivity contribution in [2.45, 2.75) is 43.6 Å². The Hall–Kier alpha value is -1.09. The highest BCUT2D eigenvalue weighted by Crippen LogP contribution is 2.25. The number of methoxy groups -OCH3 is 1. The Bertz CT molecular complexity index is 713. The molecular weight excluding hydrogens is 362 g/mol. The molecule has 0 N–H and O–H groups in total. The van der Waals surface area contributed by atoms with Crippen LogP contribution in [0.25, 0.3) is 0 Å². The van der Waals surface area contributed by atoms with Crippen molar-refractivity contribution in [2.75, 3.05) is 33.3 Å². The second-order valence-electron chi connectivity index (χ2n) is 7.09. The first-order valence-electron chi connectivity index (χ1n) is 9.07. The summed E-state index contributed by atoms with van der Waals surface area (Å²) in [6, 6.07) is 3.30. The third-order valence-corrected chi connectivity index (χ3v) is 7.32. The zero-order valence-electron chi connectivity index (χ0n) is 15.0. The smallest absolute Gasteiger partial charge is 0.218 e. The maximum absolute atomic E-state index is 13.8. The Morgan fingerprint density at radius 2 is 1.73 bits per heavy atom. The maximum Gasteiger partial charge on any atom is 0.218 e. The minimum absolute atomic E-state index is 0.117. The molecule has 0 bridgehead atoms. The van der Waals surface area contributed by atoms with Gasteiger partial charge in [-0.05, 0) is 43.9 Å². The van der Waals surface area contributed by atoms with Gasteiger partial charge in [0.15, 0.2) is 0 Å². The molecule has 0 radical (unpaired) electrons. The number of halogens is 2. The molecule has 0 saturated carbocycles. The molecule has 2 heterocycles. The van der Waals surface area contributed by atoms with Gasteiger partial charge in [-0.1, -0.05) is 0 Å². The third-order valence-electron chi connectivity index (χ3n) is 5.49. The highest BCUT2D eigenvalue weighted by atomic mass is 32.2. The lowest BCUT2D eigenvalue weighted by atomic mass is 10.00. The van der Waals surface area contributed by atoms with Gasteiger partial charge >= 0.3 is 0 Å². The molecule has 0 aliphatic carbocycles. The molecule has 0 aromatic heterocycles. The van der Waals surface area contributed by atoms with Crippen molar-refractivity contribution in [3.8, 4) is 0 Å². The quantitative estimate of drug-likeness (QED) is 0.777. The fourth-order valence-electron chi connectivity index (χ4n) is 3.90. The molecule has 0 atom stereocenters. The van der Waals surface area contributed by atoms with Crippen LogP contribution >= 0.6 is 0 Å². The van der Waals surface area contributed by atoms with E-state index >= 15 is 0 Å². The topological polar surface area (TPSA) is 49.9 Å². The summed E-state index contributed by atoms with van der Waals surface area (Å²) in [6.07, 6.45) is 3.88. The van der Waals surface area contributed by atoms with E-state index in [4.69, 9.17) is 4.74 Å². The lowest BCUT2D eigenvalue weighted by Crippen LogP contribution is -2.49. The molecule has 2 aliphatic rings. The second kappa shape index (κ2) is 8.29. The zero-order valence-corrected chi connectivity index (χ0v) is 15.9. The minimum atomic E-state index is -3.65. The highest BCUT2D eigenvalue weighted by Gasteiger charge is 2.32. The van der Waals surface area contributed by atoms with Crippen LogP contribution in [0.3, 0.4) is 0 Å². The van der Waals surface area contributed by atoms with E-state index in [1.807, 2.05) is 0 Å². The fraction of sp³-hybridized carbons (Fsp3) is 0.667. The highest BCUT2D eigenvalue weighted by molar-refractivity contribution is 7.88. The number of sulfonamides is 1. The fourth-order valence-corrected chi connectivity index (χ4v) is 5.47. The molecule has 2 aliphatic heterocycles. The van der Waals surface area contributed by atoms with Gasteiger partial charge < -0.3 is 9.64 Å². The number of ether oxygens (including phenoxy) is 1. The summed E-state index contributed by atoms with van der Waals surface area (Å²) < 4.78 is 59.0. The number of hydrogen-bond acceptors (Lipinski definition) is 4. The second-order valence-corrected chi connectivity index (χ2v) is 9.06. The lowest BCUT2D eigenvalue weighted by molar-refractivity contribution is 0.0190. The summed E-state index contributed by atoms with van der Waals surface area (Å²) in [5, 5.41) is 0. The van der Waals surface area contributed by atoms with Crippen LogP contribution in [0.4, 0.5) is 8.78 Å². The van der Waals surface area contributed by atoms with Crippen LogP contribution in [0, 0.1) is 11.6 Å². The van der Waals surface area contributed by atoms with Crippen LogP contribution in [0.5, 0.6) is 0 Å². The average Bonchev–Trinajstić information content (AvgIpc) is 2.65. The number of likely N-dealkylation sites (tertiary alicyclic amines) is 1. The van der Waals surface area contributed by atoms with E-state index in [9.17, 15) is 17.2 Å². The normalized spacial score (nSPS) is 22.0. The van der Waals surface area contributed by atoms with Crippen LogP contribution in [0.1, 0.15) is 31.2 Å². The van der Waals surface area contributed by atoms with Gasteiger partial charge in [0.2, 0.25) is 10.0 Å².